The van der Waals surface area contributed by atoms with Gasteiger partial charge in [-0.3, -0.25) is 4.79 Å². The molecule has 1 atom stereocenters. The molecule has 1 unspecified atom stereocenters. The van der Waals surface area contributed by atoms with Crippen LogP contribution in [0, 0.1) is 18.3 Å². The predicted octanol–water partition coefficient (Wildman–Crippen LogP) is 4.32. The number of methoxy groups -OCH3 is 1. The normalized spacial score (nSPS) is 11.7. The Kier molecular flexibility index (Phi) is 4.58. The Morgan fingerprint density at radius 3 is 2.50 bits per heavy atom. The zero-order valence-corrected chi connectivity index (χ0v) is 13.4. The summed E-state index contributed by atoms with van der Waals surface area (Å²) < 4.78 is 6.00. The van der Waals surface area contributed by atoms with Gasteiger partial charge in [0.05, 0.1) is 21.8 Å². The topological polar surface area (TPSA) is 50.1 Å². The van der Waals surface area contributed by atoms with Crippen LogP contribution in [0.4, 0.5) is 0 Å². The minimum Gasteiger partial charge on any atom is -0.497 e. The van der Waals surface area contributed by atoms with E-state index in [4.69, 9.17) is 4.74 Å². The number of nitriles is 1. The van der Waals surface area contributed by atoms with Gasteiger partial charge in [-0.1, -0.05) is 12.1 Å². The molecule has 2 aromatic rings. The second kappa shape index (κ2) is 6.21. The number of ether oxygens (including phenoxy) is 1. The summed E-state index contributed by atoms with van der Waals surface area (Å²) in [5, 5.41) is 9.30. The first-order valence-corrected chi connectivity index (χ1v) is 7.51. The molecule has 0 aliphatic carbocycles. The van der Waals surface area contributed by atoms with Gasteiger partial charge in [0.15, 0.2) is 5.78 Å². The van der Waals surface area contributed by atoms with Gasteiger partial charge in [-0.25, -0.2) is 0 Å². The van der Waals surface area contributed by atoms with Crippen molar-refractivity contribution in [3.05, 3.63) is 50.1 Å². The number of Topliss-reactive ketones (excluding diaryl/α,β-unsaturated/α-hetero) is 1. The summed E-state index contributed by atoms with van der Waals surface area (Å²) in [6.45, 7) is 1.92. The zero-order chi connectivity index (χ0) is 14.7. The van der Waals surface area contributed by atoms with Crippen LogP contribution in [0.15, 0.2) is 34.1 Å². The monoisotopic (exact) mass is 349 g/mol. The molecule has 1 aromatic carbocycles. The van der Waals surface area contributed by atoms with Crippen LogP contribution in [0.3, 0.4) is 0 Å². The van der Waals surface area contributed by atoms with Crippen molar-refractivity contribution in [1.82, 2.24) is 0 Å². The smallest absolute Gasteiger partial charge is 0.194 e. The molecule has 3 nitrogen and oxygen atoms in total. The maximum atomic E-state index is 12.4. The minimum atomic E-state index is -0.786. The number of benzene rings is 1. The SMILES string of the molecule is COc1ccc(C(C#N)C(=O)c2cc(C)c(Br)s2)cc1. The minimum absolute atomic E-state index is 0.170. The van der Waals surface area contributed by atoms with Crippen molar-refractivity contribution in [3.63, 3.8) is 0 Å². The van der Waals surface area contributed by atoms with E-state index in [1.807, 2.05) is 13.0 Å². The van der Waals surface area contributed by atoms with Gasteiger partial charge >= 0.3 is 0 Å². The number of hydrogen-bond acceptors (Lipinski definition) is 4. The Morgan fingerprint density at radius 1 is 1.40 bits per heavy atom. The molecule has 0 spiro atoms. The molecule has 5 heteroatoms. The number of hydrogen-bond donors (Lipinski definition) is 0. The standard InChI is InChI=1S/C15H12BrNO2S/c1-9-7-13(20-15(9)16)14(18)12(8-17)10-3-5-11(19-2)6-4-10/h3-7,12H,1-2H3. The van der Waals surface area contributed by atoms with Gasteiger partial charge < -0.3 is 4.74 Å². The lowest BCUT2D eigenvalue weighted by Gasteiger charge is -2.08. The third-order valence-corrected chi connectivity index (χ3v) is 5.09. The van der Waals surface area contributed by atoms with E-state index >= 15 is 0 Å². The fraction of sp³-hybridized carbons (Fsp3) is 0.200. The molecule has 0 fully saturated rings. The third-order valence-electron chi connectivity index (χ3n) is 2.94. The summed E-state index contributed by atoms with van der Waals surface area (Å²) in [6.07, 6.45) is 0. The van der Waals surface area contributed by atoms with E-state index in [0.29, 0.717) is 16.2 Å². The van der Waals surface area contributed by atoms with Crippen molar-refractivity contribution >= 4 is 33.0 Å². The summed E-state index contributed by atoms with van der Waals surface area (Å²) in [6, 6.07) is 10.9. The van der Waals surface area contributed by atoms with Gasteiger partial charge in [0.25, 0.3) is 0 Å². The van der Waals surface area contributed by atoms with E-state index in [1.54, 1.807) is 31.4 Å². The lowest BCUT2D eigenvalue weighted by atomic mass is 9.95. The molecule has 0 aliphatic heterocycles. The zero-order valence-electron chi connectivity index (χ0n) is 11.0. The highest BCUT2D eigenvalue weighted by atomic mass is 79.9. The lowest BCUT2D eigenvalue weighted by Crippen LogP contribution is -2.09. The molecule has 0 saturated carbocycles. The van der Waals surface area contributed by atoms with E-state index < -0.39 is 5.92 Å². The molecule has 0 aliphatic rings. The van der Waals surface area contributed by atoms with Crippen molar-refractivity contribution in [2.75, 3.05) is 7.11 Å². The largest absolute Gasteiger partial charge is 0.497 e. The van der Waals surface area contributed by atoms with Crippen molar-refractivity contribution < 1.29 is 9.53 Å². The summed E-state index contributed by atoms with van der Waals surface area (Å²) >= 11 is 4.76. The number of nitrogens with zero attached hydrogens (tertiary/aromatic N) is 1. The fourth-order valence-electron chi connectivity index (χ4n) is 1.80. The van der Waals surface area contributed by atoms with Crippen LogP contribution in [-0.4, -0.2) is 12.9 Å². The number of carbonyl (C=O) groups is 1. The second-order valence-corrected chi connectivity index (χ2v) is 6.64. The van der Waals surface area contributed by atoms with Crippen LogP contribution in [0.2, 0.25) is 0 Å². The summed E-state index contributed by atoms with van der Waals surface area (Å²) in [4.78, 5) is 13.0. The van der Waals surface area contributed by atoms with E-state index in [9.17, 15) is 10.1 Å². The number of ketones is 1. The first-order valence-electron chi connectivity index (χ1n) is 5.90. The van der Waals surface area contributed by atoms with E-state index in [1.165, 1.54) is 11.3 Å². The molecular formula is C15H12BrNO2S. The Balaban J connectivity index is 2.31. The highest BCUT2D eigenvalue weighted by molar-refractivity contribution is 9.11. The molecule has 1 heterocycles. The molecule has 102 valence electrons. The van der Waals surface area contributed by atoms with Gasteiger partial charge in [0.2, 0.25) is 0 Å². The van der Waals surface area contributed by atoms with Gasteiger partial charge in [-0.05, 0) is 52.2 Å². The highest BCUT2D eigenvalue weighted by Gasteiger charge is 2.23. The molecule has 0 radical (unpaired) electrons. The van der Waals surface area contributed by atoms with Crippen LogP contribution in [0.1, 0.15) is 26.7 Å². The number of thiophene rings is 1. The maximum Gasteiger partial charge on any atom is 0.194 e. The van der Waals surface area contributed by atoms with Crippen molar-refractivity contribution in [2.45, 2.75) is 12.8 Å². The van der Waals surface area contributed by atoms with Gasteiger partial charge in [0.1, 0.15) is 11.7 Å². The Morgan fingerprint density at radius 2 is 2.05 bits per heavy atom. The van der Waals surface area contributed by atoms with Crippen LogP contribution in [-0.2, 0) is 0 Å². The summed E-state index contributed by atoms with van der Waals surface area (Å²) in [5.74, 6) is -0.255. The maximum absolute atomic E-state index is 12.4. The van der Waals surface area contributed by atoms with Crippen molar-refractivity contribution in [3.8, 4) is 11.8 Å². The predicted molar refractivity (Wildman–Crippen MR) is 82.4 cm³/mol. The van der Waals surface area contributed by atoms with Crippen LogP contribution < -0.4 is 4.74 Å². The lowest BCUT2D eigenvalue weighted by molar-refractivity contribution is 0.0982. The average Bonchev–Trinajstić information content (AvgIpc) is 2.80. The first-order chi connectivity index (χ1) is 9.56. The van der Waals surface area contributed by atoms with Crippen LogP contribution in [0.25, 0.3) is 0 Å². The average molecular weight is 350 g/mol. The molecule has 2 rings (SSSR count). The van der Waals surface area contributed by atoms with E-state index in [2.05, 4.69) is 22.0 Å². The number of halogens is 1. The molecule has 0 N–H and O–H groups in total. The van der Waals surface area contributed by atoms with Gasteiger partial charge in [-0.2, -0.15) is 5.26 Å². The fourth-order valence-corrected chi connectivity index (χ4v) is 3.31. The van der Waals surface area contributed by atoms with Crippen molar-refractivity contribution in [2.24, 2.45) is 0 Å². The molecule has 1 aromatic heterocycles. The number of aryl methyl sites for hydroxylation is 1. The highest BCUT2D eigenvalue weighted by Crippen LogP contribution is 2.31. The van der Waals surface area contributed by atoms with E-state index in [0.717, 1.165) is 9.35 Å². The van der Waals surface area contributed by atoms with Gasteiger partial charge in [-0.15, -0.1) is 11.3 Å². The number of rotatable bonds is 4. The third kappa shape index (κ3) is 2.92. The van der Waals surface area contributed by atoms with Gasteiger partial charge in [0, 0.05) is 0 Å². The molecule has 20 heavy (non-hydrogen) atoms. The Bertz CT molecular complexity index is 651. The molecular weight excluding hydrogens is 338 g/mol. The second-order valence-electron chi connectivity index (χ2n) is 4.27. The molecule has 0 amide bonds. The molecule has 0 bridgehead atoms. The summed E-state index contributed by atoms with van der Waals surface area (Å²) in [7, 11) is 1.58. The Hall–Kier alpha value is -1.64. The Labute approximate surface area is 129 Å². The van der Waals surface area contributed by atoms with Crippen LogP contribution in [0.5, 0.6) is 5.75 Å². The number of carbonyl (C=O) groups excluding carboxylic acids is 1. The molecule has 0 saturated heterocycles. The van der Waals surface area contributed by atoms with Crippen LogP contribution >= 0.6 is 27.3 Å². The van der Waals surface area contributed by atoms with Crippen molar-refractivity contribution in [1.29, 1.82) is 5.26 Å². The van der Waals surface area contributed by atoms with E-state index in [-0.39, 0.29) is 5.78 Å². The first kappa shape index (κ1) is 14.8. The quantitative estimate of drug-likeness (QED) is 0.772. The summed E-state index contributed by atoms with van der Waals surface area (Å²) in [5.41, 5.74) is 1.69.